The summed E-state index contributed by atoms with van der Waals surface area (Å²) in [4.78, 5) is 28.7. The van der Waals surface area contributed by atoms with Crippen LogP contribution in [0.3, 0.4) is 0 Å². The first kappa shape index (κ1) is 18.7. The van der Waals surface area contributed by atoms with Crippen LogP contribution in [0.15, 0.2) is 53.9 Å². The van der Waals surface area contributed by atoms with Crippen LogP contribution < -0.4 is 5.32 Å². The van der Waals surface area contributed by atoms with Crippen molar-refractivity contribution in [3.05, 3.63) is 70.9 Å². The molecule has 1 aromatic heterocycles. The second kappa shape index (κ2) is 8.09. The molecular formula is C20H17FN2O3S. The topological polar surface area (TPSA) is 68.3 Å². The molecule has 27 heavy (non-hydrogen) atoms. The van der Waals surface area contributed by atoms with Crippen LogP contribution in [-0.4, -0.2) is 23.0 Å². The average Bonchev–Trinajstić information content (AvgIpc) is 3.13. The van der Waals surface area contributed by atoms with Crippen LogP contribution in [0, 0.1) is 12.7 Å². The molecule has 1 atom stereocenters. The van der Waals surface area contributed by atoms with E-state index in [4.69, 9.17) is 4.74 Å². The molecule has 1 amide bonds. The molecule has 0 aliphatic carbocycles. The minimum Gasteiger partial charge on any atom is -0.449 e. The van der Waals surface area contributed by atoms with Crippen LogP contribution in [0.25, 0.3) is 11.3 Å². The predicted octanol–water partition coefficient (Wildman–Crippen LogP) is 4.44. The number of thiazole rings is 1. The Labute approximate surface area is 159 Å². The first-order valence-corrected chi connectivity index (χ1v) is 9.11. The fourth-order valence-corrected chi connectivity index (χ4v) is 3.00. The molecule has 0 aliphatic rings. The molecule has 0 bridgehead atoms. The number of hydrogen-bond donors (Lipinski definition) is 1. The summed E-state index contributed by atoms with van der Waals surface area (Å²) >= 11 is 1.28. The summed E-state index contributed by atoms with van der Waals surface area (Å²) in [5.41, 5.74) is 2.17. The molecule has 0 spiro atoms. The number of rotatable bonds is 5. The summed E-state index contributed by atoms with van der Waals surface area (Å²) in [6.45, 7) is 3.04. The molecule has 7 heteroatoms. The molecule has 0 unspecified atom stereocenters. The first-order valence-electron chi connectivity index (χ1n) is 8.23. The zero-order valence-electron chi connectivity index (χ0n) is 14.7. The lowest BCUT2D eigenvalue weighted by Crippen LogP contribution is -2.30. The highest BCUT2D eigenvalue weighted by Crippen LogP contribution is 2.24. The molecule has 3 rings (SSSR count). The summed E-state index contributed by atoms with van der Waals surface area (Å²) in [5.74, 6) is -1.77. The van der Waals surface area contributed by atoms with Crippen molar-refractivity contribution in [2.45, 2.75) is 20.0 Å². The molecule has 3 aromatic rings. The Kier molecular flexibility index (Phi) is 5.61. The zero-order chi connectivity index (χ0) is 19.4. The highest BCUT2D eigenvalue weighted by Gasteiger charge is 2.20. The fourth-order valence-electron chi connectivity index (χ4n) is 2.28. The zero-order valence-corrected chi connectivity index (χ0v) is 15.5. The number of carbonyl (C=O) groups excluding carboxylic acids is 2. The number of hydrogen-bond acceptors (Lipinski definition) is 5. The fraction of sp³-hybridized carbons (Fsp3) is 0.150. The van der Waals surface area contributed by atoms with Gasteiger partial charge >= 0.3 is 5.97 Å². The molecule has 138 valence electrons. The number of nitrogens with zero attached hydrogens (tertiary/aromatic N) is 1. The Balaban J connectivity index is 1.61. The maximum absolute atomic E-state index is 13.6. The Hall–Kier alpha value is -3.06. The smallest absolute Gasteiger partial charge is 0.339 e. The van der Waals surface area contributed by atoms with E-state index >= 15 is 0 Å². The average molecular weight is 384 g/mol. The van der Waals surface area contributed by atoms with Crippen molar-refractivity contribution in [3.63, 3.8) is 0 Å². The van der Waals surface area contributed by atoms with Gasteiger partial charge in [-0.15, -0.1) is 11.3 Å². The van der Waals surface area contributed by atoms with Gasteiger partial charge in [0.25, 0.3) is 5.91 Å². The van der Waals surface area contributed by atoms with Gasteiger partial charge in [-0.3, -0.25) is 10.1 Å². The van der Waals surface area contributed by atoms with Crippen molar-refractivity contribution in [1.82, 2.24) is 4.98 Å². The third kappa shape index (κ3) is 4.57. The van der Waals surface area contributed by atoms with E-state index in [1.165, 1.54) is 30.4 Å². The SMILES string of the molecule is Cc1ccc(C(=O)O[C@@H](C)C(=O)Nc2nc(-c3ccccc3)cs2)cc1F. The summed E-state index contributed by atoms with van der Waals surface area (Å²) in [6.07, 6.45) is -1.05. The largest absolute Gasteiger partial charge is 0.449 e. The number of ether oxygens (including phenoxy) is 1. The number of esters is 1. The Bertz CT molecular complexity index is 972. The summed E-state index contributed by atoms with van der Waals surface area (Å²) in [5, 5.41) is 4.86. The lowest BCUT2D eigenvalue weighted by Gasteiger charge is -2.12. The van der Waals surface area contributed by atoms with Crippen LogP contribution in [0.5, 0.6) is 0 Å². The van der Waals surface area contributed by atoms with Gasteiger partial charge in [-0.1, -0.05) is 36.4 Å². The number of anilines is 1. The highest BCUT2D eigenvalue weighted by molar-refractivity contribution is 7.14. The van der Waals surface area contributed by atoms with E-state index in [0.717, 1.165) is 17.3 Å². The van der Waals surface area contributed by atoms with Gasteiger partial charge in [0.05, 0.1) is 11.3 Å². The Morgan fingerprint density at radius 2 is 1.93 bits per heavy atom. The number of carbonyl (C=O) groups is 2. The first-order chi connectivity index (χ1) is 12.9. The van der Waals surface area contributed by atoms with Crippen LogP contribution in [0.4, 0.5) is 9.52 Å². The van der Waals surface area contributed by atoms with Crippen LogP contribution in [0.1, 0.15) is 22.8 Å². The standard InChI is InChI=1S/C20H17FN2O3S/c1-12-8-9-15(10-16(12)21)19(25)26-13(2)18(24)23-20-22-17(11-27-20)14-6-4-3-5-7-14/h3-11,13H,1-2H3,(H,22,23,24)/t13-/m0/s1. The molecule has 0 aliphatic heterocycles. The predicted molar refractivity (Wildman–Crippen MR) is 102 cm³/mol. The molecule has 1 N–H and O–H groups in total. The van der Waals surface area contributed by atoms with Gasteiger partial charge in [-0.25, -0.2) is 14.2 Å². The molecule has 0 saturated heterocycles. The lowest BCUT2D eigenvalue weighted by molar-refractivity contribution is -0.123. The maximum Gasteiger partial charge on any atom is 0.339 e. The monoisotopic (exact) mass is 384 g/mol. The van der Waals surface area contributed by atoms with Gasteiger partial charge in [0.15, 0.2) is 11.2 Å². The van der Waals surface area contributed by atoms with E-state index in [2.05, 4.69) is 10.3 Å². The van der Waals surface area contributed by atoms with Gasteiger partial charge in [-0.2, -0.15) is 0 Å². The Morgan fingerprint density at radius 3 is 2.63 bits per heavy atom. The number of amides is 1. The van der Waals surface area contributed by atoms with Gasteiger partial charge in [0.2, 0.25) is 0 Å². The molecule has 0 saturated carbocycles. The van der Waals surface area contributed by atoms with E-state index < -0.39 is 23.8 Å². The number of halogens is 1. The van der Waals surface area contributed by atoms with E-state index in [-0.39, 0.29) is 5.56 Å². The van der Waals surface area contributed by atoms with Crippen LogP contribution in [-0.2, 0) is 9.53 Å². The number of aryl methyl sites for hydroxylation is 1. The molecule has 2 aromatic carbocycles. The number of benzene rings is 2. The molecule has 0 radical (unpaired) electrons. The van der Waals surface area contributed by atoms with E-state index in [0.29, 0.717) is 10.7 Å². The van der Waals surface area contributed by atoms with Crippen molar-refractivity contribution in [1.29, 1.82) is 0 Å². The van der Waals surface area contributed by atoms with E-state index in [1.54, 1.807) is 6.92 Å². The van der Waals surface area contributed by atoms with Crippen molar-refractivity contribution < 1.29 is 18.7 Å². The second-order valence-electron chi connectivity index (χ2n) is 5.90. The Morgan fingerprint density at radius 1 is 1.19 bits per heavy atom. The maximum atomic E-state index is 13.6. The minimum absolute atomic E-state index is 0.0540. The van der Waals surface area contributed by atoms with Crippen molar-refractivity contribution in [2.24, 2.45) is 0 Å². The van der Waals surface area contributed by atoms with Gasteiger partial charge in [0.1, 0.15) is 5.82 Å². The van der Waals surface area contributed by atoms with E-state index in [9.17, 15) is 14.0 Å². The molecule has 0 fully saturated rings. The highest BCUT2D eigenvalue weighted by atomic mass is 32.1. The quantitative estimate of drug-likeness (QED) is 0.660. The summed E-state index contributed by atoms with van der Waals surface area (Å²) < 4.78 is 18.7. The molecular weight excluding hydrogens is 367 g/mol. The van der Waals surface area contributed by atoms with Gasteiger partial charge in [0, 0.05) is 10.9 Å². The molecule has 1 heterocycles. The summed E-state index contributed by atoms with van der Waals surface area (Å²) in [7, 11) is 0. The molecule has 5 nitrogen and oxygen atoms in total. The normalized spacial score (nSPS) is 11.7. The van der Waals surface area contributed by atoms with Crippen molar-refractivity contribution >= 4 is 28.3 Å². The van der Waals surface area contributed by atoms with Crippen molar-refractivity contribution in [2.75, 3.05) is 5.32 Å². The minimum atomic E-state index is -1.05. The second-order valence-corrected chi connectivity index (χ2v) is 6.76. The van der Waals surface area contributed by atoms with Crippen LogP contribution in [0.2, 0.25) is 0 Å². The lowest BCUT2D eigenvalue weighted by atomic mass is 10.1. The summed E-state index contributed by atoms with van der Waals surface area (Å²) in [6, 6.07) is 13.6. The van der Waals surface area contributed by atoms with Gasteiger partial charge in [-0.05, 0) is 31.5 Å². The van der Waals surface area contributed by atoms with E-state index in [1.807, 2.05) is 35.7 Å². The van der Waals surface area contributed by atoms with Crippen LogP contribution >= 0.6 is 11.3 Å². The third-order valence-electron chi connectivity index (χ3n) is 3.86. The number of aromatic nitrogens is 1. The third-order valence-corrected chi connectivity index (χ3v) is 4.62. The van der Waals surface area contributed by atoms with Gasteiger partial charge < -0.3 is 4.74 Å². The number of nitrogens with one attached hydrogen (secondary N) is 1. The van der Waals surface area contributed by atoms with Crippen molar-refractivity contribution in [3.8, 4) is 11.3 Å².